The Morgan fingerprint density at radius 1 is 1.27 bits per heavy atom. The van der Waals surface area contributed by atoms with Crippen LogP contribution in [0.15, 0.2) is 36.4 Å². The van der Waals surface area contributed by atoms with Gasteiger partial charge in [-0.05, 0) is 54.8 Å². The molecule has 2 aromatic carbocycles. The van der Waals surface area contributed by atoms with E-state index in [4.69, 9.17) is 4.74 Å². The standard InChI is InChI=1S/C20H19FN2O3/c1-12-3-4-13(9-16(12)21)18(24)23-8-7-20(11-23)15-10-14(26-2)5-6-17(15)22-19(20)25/h3-6,9-10H,7-8,11H2,1-2H3,(H,22,25). The minimum atomic E-state index is -0.775. The summed E-state index contributed by atoms with van der Waals surface area (Å²) in [6, 6.07) is 9.95. The molecule has 1 N–H and O–H groups in total. The fraction of sp³-hybridized carbons (Fsp3) is 0.300. The summed E-state index contributed by atoms with van der Waals surface area (Å²) >= 11 is 0. The van der Waals surface area contributed by atoms with Gasteiger partial charge < -0.3 is 15.0 Å². The minimum Gasteiger partial charge on any atom is -0.497 e. The van der Waals surface area contributed by atoms with Gasteiger partial charge in [0.25, 0.3) is 5.91 Å². The molecule has 2 aliphatic heterocycles. The first-order chi connectivity index (χ1) is 12.4. The number of fused-ring (bicyclic) bond motifs is 2. The number of likely N-dealkylation sites (tertiary alicyclic amines) is 1. The lowest BCUT2D eigenvalue weighted by Crippen LogP contribution is -2.39. The number of anilines is 1. The van der Waals surface area contributed by atoms with Crippen LogP contribution in [0, 0.1) is 12.7 Å². The minimum absolute atomic E-state index is 0.105. The van der Waals surface area contributed by atoms with Gasteiger partial charge in [0.1, 0.15) is 11.6 Å². The number of amides is 2. The van der Waals surface area contributed by atoms with Crippen LogP contribution in [-0.4, -0.2) is 36.9 Å². The van der Waals surface area contributed by atoms with Crippen molar-refractivity contribution in [3.05, 3.63) is 58.9 Å². The van der Waals surface area contributed by atoms with Gasteiger partial charge in [0.2, 0.25) is 5.91 Å². The van der Waals surface area contributed by atoms with E-state index in [0.29, 0.717) is 29.8 Å². The van der Waals surface area contributed by atoms with Gasteiger partial charge in [-0.25, -0.2) is 4.39 Å². The summed E-state index contributed by atoms with van der Waals surface area (Å²) in [5.74, 6) is -0.0977. The number of halogens is 1. The van der Waals surface area contributed by atoms with Crippen LogP contribution in [0.2, 0.25) is 0 Å². The predicted octanol–water partition coefficient (Wildman–Crippen LogP) is 2.88. The Morgan fingerprint density at radius 3 is 2.81 bits per heavy atom. The van der Waals surface area contributed by atoms with Crippen LogP contribution in [0.4, 0.5) is 10.1 Å². The molecule has 0 radical (unpaired) electrons. The van der Waals surface area contributed by atoms with Crippen molar-refractivity contribution in [2.45, 2.75) is 18.8 Å². The van der Waals surface area contributed by atoms with Gasteiger partial charge in [0.15, 0.2) is 0 Å². The lowest BCUT2D eigenvalue weighted by atomic mass is 9.81. The van der Waals surface area contributed by atoms with Crippen molar-refractivity contribution in [1.82, 2.24) is 4.90 Å². The Bertz CT molecular complexity index is 927. The van der Waals surface area contributed by atoms with Gasteiger partial charge in [-0.3, -0.25) is 9.59 Å². The summed E-state index contributed by atoms with van der Waals surface area (Å²) in [5.41, 5.74) is 1.63. The van der Waals surface area contributed by atoms with Gasteiger partial charge in [-0.15, -0.1) is 0 Å². The van der Waals surface area contributed by atoms with Crippen molar-refractivity contribution in [3.8, 4) is 5.75 Å². The van der Waals surface area contributed by atoms with Gasteiger partial charge in [0.05, 0.1) is 12.5 Å². The molecule has 4 rings (SSSR count). The molecule has 0 bridgehead atoms. The van der Waals surface area contributed by atoms with E-state index in [1.807, 2.05) is 12.1 Å². The average molecular weight is 354 g/mol. The second kappa shape index (κ2) is 5.83. The monoisotopic (exact) mass is 354 g/mol. The van der Waals surface area contributed by atoms with Crippen molar-refractivity contribution in [3.63, 3.8) is 0 Å². The molecule has 2 heterocycles. The Hall–Kier alpha value is -2.89. The summed E-state index contributed by atoms with van der Waals surface area (Å²) in [5, 5.41) is 2.90. The smallest absolute Gasteiger partial charge is 0.254 e. The second-order valence-electron chi connectivity index (χ2n) is 6.89. The number of benzene rings is 2. The largest absolute Gasteiger partial charge is 0.497 e. The normalized spacial score (nSPS) is 21.0. The molecule has 0 saturated carbocycles. The van der Waals surface area contributed by atoms with Gasteiger partial charge in [0, 0.05) is 24.3 Å². The fourth-order valence-corrected chi connectivity index (χ4v) is 3.82. The number of ether oxygens (including phenoxy) is 1. The highest BCUT2D eigenvalue weighted by atomic mass is 19.1. The molecule has 2 aromatic rings. The number of hydrogen-bond donors (Lipinski definition) is 1. The quantitative estimate of drug-likeness (QED) is 0.902. The predicted molar refractivity (Wildman–Crippen MR) is 95.0 cm³/mol. The van der Waals surface area contributed by atoms with E-state index in [9.17, 15) is 14.0 Å². The average Bonchev–Trinajstić information content (AvgIpc) is 3.20. The van der Waals surface area contributed by atoms with Gasteiger partial charge in [-0.1, -0.05) is 6.07 Å². The summed E-state index contributed by atoms with van der Waals surface area (Å²) in [6.45, 7) is 2.37. The van der Waals surface area contributed by atoms with E-state index in [0.717, 1.165) is 11.3 Å². The van der Waals surface area contributed by atoms with Crippen molar-refractivity contribution in [1.29, 1.82) is 0 Å². The number of nitrogens with one attached hydrogen (secondary N) is 1. The van der Waals surface area contributed by atoms with Crippen molar-refractivity contribution < 1.29 is 18.7 Å². The molecule has 2 aliphatic rings. The van der Waals surface area contributed by atoms with Crippen LogP contribution >= 0.6 is 0 Å². The zero-order valence-corrected chi connectivity index (χ0v) is 14.6. The first-order valence-electron chi connectivity index (χ1n) is 8.50. The summed E-state index contributed by atoms with van der Waals surface area (Å²) < 4.78 is 19.1. The van der Waals surface area contributed by atoms with E-state index in [1.165, 1.54) is 6.07 Å². The Kier molecular flexibility index (Phi) is 3.72. The van der Waals surface area contributed by atoms with Crippen LogP contribution in [0.25, 0.3) is 0 Å². The molecule has 134 valence electrons. The molecular weight excluding hydrogens is 335 g/mol. The molecule has 0 aromatic heterocycles. The molecule has 1 unspecified atom stereocenters. The summed E-state index contributed by atoms with van der Waals surface area (Å²) in [4.78, 5) is 27.1. The first-order valence-corrected chi connectivity index (χ1v) is 8.50. The lowest BCUT2D eigenvalue weighted by molar-refractivity contribution is -0.120. The number of carbonyl (C=O) groups excluding carboxylic acids is 2. The zero-order valence-electron chi connectivity index (χ0n) is 14.6. The van der Waals surface area contributed by atoms with E-state index < -0.39 is 11.2 Å². The van der Waals surface area contributed by atoms with Gasteiger partial charge >= 0.3 is 0 Å². The van der Waals surface area contributed by atoms with E-state index >= 15 is 0 Å². The van der Waals surface area contributed by atoms with Crippen LogP contribution in [-0.2, 0) is 10.2 Å². The fourth-order valence-electron chi connectivity index (χ4n) is 3.82. The maximum atomic E-state index is 13.8. The molecule has 1 fully saturated rings. The summed E-state index contributed by atoms with van der Waals surface area (Å²) in [7, 11) is 1.58. The van der Waals surface area contributed by atoms with Gasteiger partial charge in [-0.2, -0.15) is 0 Å². The number of methoxy groups -OCH3 is 1. The van der Waals surface area contributed by atoms with E-state index in [1.54, 1.807) is 37.1 Å². The molecular formula is C20H19FN2O3. The van der Waals surface area contributed by atoms with Crippen LogP contribution in [0.3, 0.4) is 0 Å². The molecule has 6 heteroatoms. The highest BCUT2D eigenvalue weighted by Crippen LogP contribution is 2.45. The number of aryl methyl sites for hydroxylation is 1. The highest BCUT2D eigenvalue weighted by molar-refractivity contribution is 6.07. The molecule has 5 nitrogen and oxygen atoms in total. The van der Waals surface area contributed by atoms with Crippen LogP contribution < -0.4 is 10.1 Å². The molecule has 26 heavy (non-hydrogen) atoms. The maximum Gasteiger partial charge on any atom is 0.254 e. The third kappa shape index (κ3) is 2.36. The van der Waals surface area contributed by atoms with Crippen molar-refractivity contribution in [2.24, 2.45) is 0 Å². The van der Waals surface area contributed by atoms with Crippen molar-refractivity contribution >= 4 is 17.5 Å². The SMILES string of the molecule is COc1ccc2c(c1)C1(CCN(C(=O)c3ccc(C)c(F)c3)C1)C(=O)N2. The third-order valence-electron chi connectivity index (χ3n) is 5.40. The lowest BCUT2D eigenvalue weighted by Gasteiger charge is -2.23. The molecule has 1 saturated heterocycles. The number of carbonyl (C=O) groups is 2. The van der Waals surface area contributed by atoms with Crippen LogP contribution in [0.1, 0.15) is 27.9 Å². The van der Waals surface area contributed by atoms with E-state index in [-0.39, 0.29) is 18.4 Å². The maximum absolute atomic E-state index is 13.8. The molecule has 2 amide bonds. The third-order valence-corrected chi connectivity index (χ3v) is 5.40. The van der Waals surface area contributed by atoms with E-state index in [2.05, 4.69) is 5.32 Å². The zero-order chi connectivity index (χ0) is 18.5. The Balaban J connectivity index is 1.65. The number of hydrogen-bond acceptors (Lipinski definition) is 3. The topological polar surface area (TPSA) is 58.6 Å². The van der Waals surface area contributed by atoms with Crippen LogP contribution in [0.5, 0.6) is 5.75 Å². The highest BCUT2D eigenvalue weighted by Gasteiger charge is 2.52. The molecule has 1 atom stereocenters. The second-order valence-corrected chi connectivity index (χ2v) is 6.89. The number of rotatable bonds is 2. The Labute approximate surface area is 150 Å². The van der Waals surface area contributed by atoms with Crippen molar-refractivity contribution in [2.75, 3.05) is 25.5 Å². The Morgan fingerprint density at radius 2 is 2.08 bits per heavy atom. The number of nitrogens with zero attached hydrogens (tertiary/aromatic N) is 1. The molecule has 1 spiro atoms. The first kappa shape index (κ1) is 16.6. The molecule has 0 aliphatic carbocycles. The summed E-state index contributed by atoms with van der Waals surface area (Å²) in [6.07, 6.45) is 0.527.